The number of amides is 1. The highest BCUT2D eigenvalue weighted by molar-refractivity contribution is 5.80. The molecule has 0 saturated heterocycles. The summed E-state index contributed by atoms with van der Waals surface area (Å²) >= 11 is 0. The summed E-state index contributed by atoms with van der Waals surface area (Å²) in [6.07, 6.45) is 13.7. The average Bonchev–Trinajstić information content (AvgIpc) is 3.17. The molecule has 2 fully saturated rings. The SMILES string of the molecule is O=C(COC(=O)CC1CC2CCC1C2)NCCC1=CCCCC1. The Labute approximate surface area is 139 Å². The van der Waals surface area contributed by atoms with Crippen LogP contribution in [0.2, 0.25) is 0 Å². The number of ether oxygens (including phenoxy) is 1. The number of nitrogens with one attached hydrogen (secondary N) is 1. The molecule has 0 radical (unpaired) electrons. The molecule has 2 bridgehead atoms. The van der Waals surface area contributed by atoms with E-state index in [-0.39, 0.29) is 18.5 Å². The van der Waals surface area contributed by atoms with Gasteiger partial charge in [0.15, 0.2) is 6.61 Å². The fraction of sp³-hybridized carbons (Fsp3) is 0.789. The predicted octanol–water partition coefficient (Wildman–Crippen LogP) is 3.36. The summed E-state index contributed by atoms with van der Waals surface area (Å²) in [5, 5.41) is 2.85. The van der Waals surface area contributed by atoms with E-state index in [1.54, 1.807) is 0 Å². The van der Waals surface area contributed by atoms with Gasteiger partial charge in [-0.3, -0.25) is 9.59 Å². The van der Waals surface area contributed by atoms with Gasteiger partial charge in [0.2, 0.25) is 0 Å². The Morgan fingerprint density at radius 2 is 2.13 bits per heavy atom. The van der Waals surface area contributed by atoms with Crippen molar-refractivity contribution < 1.29 is 14.3 Å². The molecule has 0 aromatic rings. The first-order valence-corrected chi connectivity index (χ1v) is 9.31. The van der Waals surface area contributed by atoms with Crippen molar-refractivity contribution in [3.63, 3.8) is 0 Å². The molecule has 23 heavy (non-hydrogen) atoms. The molecule has 0 aromatic heterocycles. The van der Waals surface area contributed by atoms with Gasteiger partial charge >= 0.3 is 5.97 Å². The molecule has 3 aliphatic carbocycles. The van der Waals surface area contributed by atoms with Crippen molar-refractivity contribution in [3.05, 3.63) is 11.6 Å². The maximum absolute atomic E-state index is 11.9. The summed E-state index contributed by atoms with van der Waals surface area (Å²) < 4.78 is 5.15. The molecule has 0 aliphatic heterocycles. The zero-order valence-corrected chi connectivity index (χ0v) is 14.0. The summed E-state index contributed by atoms with van der Waals surface area (Å²) in [6.45, 7) is 0.521. The van der Waals surface area contributed by atoms with Crippen LogP contribution < -0.4 is 5.32 Å². The van der Waals surface area contributed by atoms with Gasteiger partial charge in [-0.15, -0.1) is 0 Å². The summed E-state index contributed by atoms with van der Waals surface area (Å²) in [5.41, 5.74) is 1.45. The highest BCUT2D eigenvalue weighted by Gasteiger charge is 2.40. The highest BCUT2D eigenvalue weighted by atomic mass is 16.5. The van der Waals surface area contributed by atoms with Crippen LogP contribution in [0.3, 0.4) is 0 Å². The quantitative estimate of drug-likeness (QED) is 0.578. The van der Waals surface area contributed by atoms with E-state index in [0.717, 1.165) is 24.7 Å². The number of carbonyl (C=O) groups excluding carboxylic acids is 2. The van der Waals surface area contributed by atoms with Crippen LogP contribution in [0.5, 0.6) is 0 Å². The van der Waals surface area contributed by atoms with Crippen LogP contribution >= 0.6 is 0 Å². The van der Waals surface area contributed by atoms with Crippen LogP contribution in [0.4, 0.5) is 0 Å². The van der Waals surface area contributed by atoms with E-state index in [4.69, 9.17) is 4.74 Å². The van der Waals surface area contributed by atoms with E-state index >= 15 is 0 Å². The normalized spacial score (nSPS) is 29.2. The second kappa shape index (κ2) is 7.98. The third-order valence-corrected chi connectivity index (χ3v) is 5.83. The van der Waals surface area contributed by atoms with Crippen molar-refractivity contribution in [2.45, 2.75) is 64.2 Å². The third-order valence-electron chi connectivity index (χ3n) is 5.83. The number of allylic oxidation sites excluding steroid dienone is 1. The van der Waals surface area contributed by atoms with Crippen molar-refractivity contribution in [1.29, 1.82) is 0 Å². The lowest BCUT2D eigenvalue weighted by Gasteiger charge is -2.20. The van der Waals surface area contributed by atoms with E-state index in [1.807, 2.05) is 0 Å². The molecule has 1 amide bonds. The summed E-state index contributed by atoms with van der Waals surface area (Å²) in [7, 11) is 0. The maximum atomic E-state index is 11.9. The summed E-state index contributed by atoms with van der Waals surface area (Å²) in [6, 6.07) is 0. The molecular formula is C19H29NO3. The fourth-order valence-electron chi connectivity index (χ4n) is 4.59. The van der Waals surface area contributed by atoms with Crippen LogP contribution in [0.25, 0.3) is 0 Å². The van der Waals surface area contributed by atoms with Crippen molar-refractivity contribution in [2.24, 2.45) is 17.8 Å². The van der Waals surface area contributed by atoms with Gasteiger partial charge in [-0.25, -0.2) is 0 Å². The zero-order valence-electron chi connectivity index (χ0n) is 14.0. The van der Waals surface area contributed by atoms with Crippen molar-refractivity contribution in [2.75, 3.05) is 13.2 Å². The van der Waals surface area contributed by atoms with Crippen molar-refractivity contribution in [3.8, 4) is 0 Å². The molecule has 0 heterocycles. The molecule has 128 valence electrons. The predicted molar refractivity (Wildman–Crippen MR) is 88.7 cm³/mol. The Kier molecular flexibility index (Phi) is 5.74. The van der Waals surface area contributed by atoms with E-state index in [2.05, 4.69) is 11.4 Å². The van der Waals surface area contributed by atoms with Gasteiger partial charge in [0.25, 0.3) is 5.91 Å². The largest absolute Gasteiger partial charge is 0.456 e. The smallest absolute Gasteiger partial charge is 0.306 e. The van der Waals surface area contributed by atoms with E-state index in [0.29, 0.717) is 18.9 Å². The van der Waals surface area contributed by atoms with Crippen LogP contribution in [0.15, 0.2) is 11.6 Å². The monoisotopic (exact) mass is 319 g/mol. The lowest BCUT2D eigenvalue weighted by molar-refractivity contribution is -0.149. The molecule has 4 nitrogen and oxygen atoms in total. The standard InChI is InChI=1S/C19H29NO3/c21-18(20-9-8-14-4-2-1-3-5-14)13-23-19(22)12-17-11-15-6-7-16(17)10-15/h4,15-17H,1-3,5-13H2,(H,20,21). The van der Waals surface area contributed by atoms with Crippen LogP contribution in [0, 0.1) is 17.8 Å². The van der Waals surface area contributed by atoms with Gasteiger partial charge < -0.3 is 10.1 Å². The second-order valence-corrected chi connectivity index (χ2v) is 7.51. The molecule has 3 rings (SSSR count). The van der Waals surface area contributed by atoms with Crippen LogP contribution in [-0.4, -0.2) is 25.0 Å². The molecule has 3 atom stereocenters. The van der Waals surface area contributed by atoms with Crippen molar-refractivity contribution in [1.82, 2.24) is 5.32 Å². The van der Waals surface area contributed by atoms with E-state index in [9.17, 15) is 9.59 Å². The number of hydrogen-bond acceptors (Lipinski definition) is 3. The Morgan fingerprint density at radius 3 is 2.83 bits per heavy atom. The van der Waals surface area contributed by atoms with Gasteiger partial charge in [0.1, 0.15) is 0 Å². The highest BCUT2D eigenvalue weighted by Crippen LogP contribution is 2.49. The number of esters is 1. The first-order chi connectivity index (χ1) is 11.2. The van der Waals surface area contributed by atoms with Gasteiger partial charge in [-0.1, -0.05) is 18.1 Å². The third kappa shape index (κ3) is 4.82. The Balaban J connectivity index is 1.26. The van der Waals surface area contributed by atoms with Crippen molar-refractivity contribution >= 4 is 11.9 Å². The van der Waals surface area contributed by atoms with Crippen LogP contribution in [-0.2, 0) is 14.3 Å². The van der Waals surface area contributed by atoms with Crippen LogP contribution in [0.1, 0.15) is 64.2 Å². The summed E-state index contributed by atoms with van der Waals surface area (Å²) in [4.78, 5) is 23.6. The Morgan fingerprint density at radius 1 is 1.22 bits per heavy atom. The minimum Gasteiger partial charge on any atom is -0.456 e. The number of hydrogen-bond donors (Lipinski definition) is 1. The summed E-state index contributed by atoms with van der Waals surface area (Å²) in [5.74, 6) is 1.69. The molecule has 0 spiro atoms. The second-order valence-electron chi connectivity index (χ2n) is 7.51. The average molecular weight is 319 g/mol. The molecule has 2 saturated carbocycles. The Hall–Kier alpha value is -1.32. The van der Waals surface area contributed by atoms with E-state index < -0.39 is 0 Å². The first kappa shape index (κ1) is 16.5. The van der Waals surface area contributed by atoms with Gasteiger partial charge in [0.05, 0.1) is 0 Å². The Bertz CT molecular complexity index is 471. The lowest BCUT2D eigenvalue weighted by Crippen LogP contribution is -2.30. The van der Waals surface area contributed by atoms with Gasteiger partial charge in [0, 0.05) is 13.0 Å². The molecular weight excluding hydrogens is 290 g/mol. The van der Waals surface area contributed by atoms with Gasteiger partial charge in [-0.05, 0) is 69.1 Å². The number of carbonyl (C=O) groups is 2. The maximum Gasteiger partial charge on any atom is 0.306 e. The minimum atomic E-state index is -0.201. The fourth-order valence-corrected chi connectivity index (χ4v) is 4.59. The molecule has 3 aliphatic rings. The number of fused-ring (bicyclic) bond motifs is 2. The molecule has 1 N–H and O–H groups in total. The molecule has 4 heteroatoms. The minimum absolute atomic E-state index is 0.126. The van der Waals surface area contributed by atoms with E-state index in [1.165, 1.54) is 50.5 Å². The van der Waals surface area contributed by atoms with Gasteiger partial charge in [-0.2, -0.15) is 0 Å². The molecule has 0 aromatic carbocycles. The zero-order chi connectivity index (χ0) is 16.1. The topological polar surface area (TPSA) is 55.4 Å². The lowest BCUT2D eigenvalue weighted by atomic mass is 9.86. The first-order valence-electron chi connectivity index (χ1n) is 9.31. The number of rotatable bonds is 7. The molecule has 3 unspecified atom stereocenters.